The molecule has 136 valence electrons. The van der Waals surface area contributed by atoms with Crippen LogP contribution in [0.3, 0.4) is 0 Å². The van der Waals surface area contributed by atoms with E-state index in [1.165, 1.54) is 5.56 Å². The van der Waals surface area contributed by atoms with Crippen LogP contribution >= 0.6 is 0 Å². The molecule has 1 amide bonds. The van der Waals surface area contributed by atoms with Gasteiger partial charge in [-0.1, -0.05) is 6.07 Å². The smallest absolute Gasteiger partial charge is 0.271 e. The first-order valence-electron chi connectivity index (χ1n) is 9.18. The van der Waals surface area contributed by atoms with Crippen molar-refractivity contribution in [2.75, 3.05) is 13.3 Å². The van der Waals surface area contributed by atoms with E-state index < -0.39 is 0 Å². The summed E-state index contributed by atoms with van der Waals surface area (Å²) in [5, 5.41) is 3.01. The van der Waals surface area contributed by atoms with Crippen molar-refractivity contribution in [3.63, 3.8) is 0 Å². The van der Waals surface area contributed by atoms with Gasteiger partial charge in [0.15, 0.2) is 11.5 Å². The van der Waals surface area contributed by atoms with Crippen molar-refractivity contribution in [2.24, 2.45) is 0 Å². The summed E-state index contributed by atoms with van der Waals surface area (Å²) in [5.41, 5.74) is 1.72. The molecule has 1 N–H and O–H groups in total. The molecule has 0 spiro atoms. The van der Waals surface area contributed by atoms with Crippen molar-refractivity contribution >= 4 is 5.91 Å². The number of benzene rings is 1. The van der Waals surface area contributed by atoms with Crippen LogP contribution in [0.2, 0.25) is 0 Å². The minimum absolute atomic E-state index is 0.0519. The molecule has 3 aliphatic rings. The summed E-state index contributed by atoms with van der Waals surface area (Å²) in [4.78, 5) is 19.3. The predicted octanol–water partition coefficient (Wildman–Crippen LogP) is 2.08. The molecule has 2 aliphatic heterocycles. The molecule has 0 unspecified atom stereocenters. The summed E-state index contributed by atoms with van der Waals surface area (Å²) < 4.78 is 13.0. The van der Waals surface area contributed by atoms with Gasteiger partial charge < -0.3 is 19.4 Å². The van der Waals surface area contributed by atoms with Crippen LogP contribution in [0.25, 0.3) is 0 Å². The Labute approximate surface area is 151 Å². The quantitative estimate of drug-likeness (QED) is 0.910. The third-order valence-corrected chi connectivity index (χ3v) is 5.32. The largest absolute Gasteiger partial charge is 0.454 e. The fraction of sp³-hybridized carbons (Fsp3) is 0.474. The van der Waals surface area contributed by atoms with Crippen LogP contribution in [0.1, 0.15) is 47.7 Å². The lowest BCUT2D eigenvalue weighted by atomic mass is 10.1. The highest BCUT2D eigenvalue weighted by molar-refractivity contribution is 5.92. The number of nitrogens with one attached hydrogen (secondary N) is 1. The summed E-state index contributed by atoms with van der Waals surface area (Å²) in [5.74, 6) is 2.52. The summed E-state index contributed by atoms with van der Waals surface area (Å²) in [6, 6.07) is 6.59. The first kappa shape index (κ1) is 15.7. The third-order valence-electron chi connectivity index (χ3n) is 5.32. The standard InChI is InChI=1S/C19H22N4O3/c1-12-18-21-15(19(24)20-14-3-4-14)10-23(18)7-6-22(12)9-13-2-5-16-17(8-13)26-11-25-16/h2,5,8,10,12,14H,3-4,6-7,9,11H2,1H3,(H,20,24)/t12-/m1/s1. The molecule has 1 fully saturated rings. The number of rotatable bonds is 4. The van der Waals surface area contributed by atoms with Crippen molar-refractivity contribution in [3.8, 4) is 11.5 Å². The van der Waals surface area contributed by atoms with Gasteiger partial charge in [0.25, 0.3) is 5.91 Å². The molecule has 1 aromatic heterocycles. The fourth-order valence-electron chi connectivity index (χ4n) is 3.62. The molecule has 5 rings (SSSR count). The number of amides is 1. The maximum atomic E-state index is 12.3. The number of nitrogens with zero attached hydrogens (tertiary/aromatic N) is 3. The number of carbonyl (C=O) groups excluding carboxylic acids is 1. The average Bonchev–Trinajstić information content (AvgIpc) is 3.16. The second-order valence-corrected chi connectivity index (χ2v) is 7.26. The summed E-state index contributed by atoms with van der Waals surface area (Å²) in [6.45, 7) is 5.01. The SMILES string of the molecule is C[C@@H]1c2nc(C(=O)NC3CC3)cn2CCN1Cc1ccc2c(c1)OCO2. The molecule has 1 aliphatic carbocycles. The van der Waals surface area contributed by atoms with Gasteiger partial charge in [0, 0.05) is 31.9 Å². The Balaban J connectivity index is 1.32. The second-order valence-electron chi connectivity index (χ2n) is 7.26. The van der Waals surface area contributed by atoms with Crippen LogP contribution in [-0.2, 0) is 13.1 Å². The van der Waals surface area contributed by atoms with Gasteiger partial charge >= 0.3 is 0 Å². The molecule has 7 heteroatoms. The predicted molar refractivity (Wildman–Crippen MR) is 94.1 cm³/mol. The van der Waals surface area contributed by atoms with E-state index in [9.17, 15) is 4.79 Å². The monoisotopic (exact) mass is 354 g/mol. The first-order chi connectivity index (χ1) is 12.7. The van der Waals surface area contributed by atoms with Crippen molar-refractivity contribution in [1.82, 2.24) is 19.8 Å². The van der Waals surface area contributed by atoms with Gasteiger partial charge in [0.1, 0.15) is 11.5 Å². The Morgan fingerprint density at radius 3 is 2.96 bits per heavy atom. The van der Waals surface area contributed by atoms with Gasteiger partial charge in [-0.3, -0.25) is 9.69 Å². The van der Waals surface area contributed by atoms with Crippen LogP contribution in [0.4, 0.5) is 0 Å². The minimum Gasteiger partial charge on any atom is -0.454 e. The zero-order chi connectivity index (χ0) is 17.7. The van der Waals surface area contributed by atoms with Gasteiger partial charge in [-0.2, -0.15) is 0 Å². The number of fused-ring (bicyclic) bond motifs is 2. The Morgan fingerprint density at radius 2 is 2.12 bits per heavy atom. The van der Waals surface area contributed by atoms with E-state index in [1.807, 2.05) is 18.3 Å². The zero-order valence-corrected chi connectivity index (χ0v) is 14.8. The van der Waals surface area contributed by atoms with Crippen LogP contribution in [0.5, 0.6) is 11.5 Å². The molecular formula is C19H22N4O3. The van der Waals surface area contributed by atoms with E-state index >= 15 is 0 Å². The van der Waals surface area contributed by atoms with Gasteiger partial charge in [0.05, 0.1) is 6.04 Å². The van der Waals surface area contributed by atoms with E-state index in [1.54, 1.807) is 0 Å². The van der Waals surface area contributed by atoms with Crippen LogP contribution in [0, 0.1) is 0 Å². The number of imidazole rings is 1. The van der Waals surface area contributed by atoms with Crippen molar-refractivity contribution in [1.29, 1.82) is 0 Å². The van der Waals surface area contributed by atoms with E-state index in [4.69, 9.17) is 9.47 Å². The highest BCUT2D eigenvalue weighted by Crippen LogP contribution is 2.34. The molecule has 26 heavy (non-hydrogen) atoms. The molecule has 7 nitrogen and oxygen atoms in total. The number of aromatic nitrogens is 2. The molecule has 0 bridgehead atoms. The second kappa shape index (κ2) is 6.02. The number of carbonyl (C=O) groups is 1. The highest BCUT2D eigenvalue weighted by atomic mass is 16.7. The summed E-state index contributed by atoms with van der Waals surface area (Å²) >= 11 is 0. The average molecular weight is 354 g/mol. The van der Waals surface area contributed by atoms with Crippen molar-refractivity contribution < 1.29 is 14.3 Å². The van der Waals surface area contributed by atoms with E-state index in [-0.39, 0.29) is 11.9 Å². The Bertz CT molecular complexity index is 858. The lowest BCUT2D eigenvalue weighted by Gasteiger charge is -2.33. The summed E-state index contributed by atoms with van der Waals surface area (Å²) in [6.07, 6.45) is 4.06. The molecule has 3 heterocycles. The molecule has 0 radical (unpaired) electrons. The van der Waals surface area contributed by atoms with Gasteiger partial charge in [0.2, 0.25) is 6.79 Å². The maximum absolute atomic E-state index is 12.3. The highest BCUT2D eigenvalue weighted by Gasteiger charge is 2.30. The van der Waals surface area contributed by atoms with Crippen molar-refractivity contribution in [2.45, 2.75) is 44.9 Å². The molecule has 1 aromatic carbocycles. The number of hydrogen-bond acceptors (Lipinski definition) is 5. The van der Waals surface area contributed by atoms with Gasteiger partial charge in [-0.15, -0.1) is 0 Å². The zero-order valence-electron chi connectivity index (χ0n) is 14.8. The molecule has 0 saturated heterocycles. The van der Waals surface area contributed by atoms with Crippen LogP contribution in [0.15, 0.2) is 24.4 Å². The Hall–Kier alpha value is -2.54. The van der Waals surface area contributed by atoms with E-state index in [0.717, 1.165) is 49.8 Å². The van der Waals surface area contributed by atoms with Gasteiger partial charge in [-0.25, -0.2) is 4.98 Å². The minimum atomic E-state index is -0.0519. The topological polar surface area (TPSA) is 68.6 Å². The fourth-order valence-corrected chi connectivity index (χ4v) is 3.62. The van der Waals surface area contributed by atoms with Crippen LogP contribution in [-0.4, -0.2) is 39.7 Å². The van der Waals surface area contributed by atoms with Crippen molar-refractivity contribution in [3.05, 3.63) is 41.5 Å². The van der Waals surface area contributed by atoms with E-state index in [0.29, 0.717) is 18.5 Å². The van der Waals surface area contributed by atoms with Gasteiger partial charge in [-0.05, 0) is 37.5 Å². The Kier molecular flexibility index (Phi) is 3.63. The van der Waals surface area contributed by atoms with E-state index in [2.05, 4.69) is 32.8 Å². The molecule has 2 aromatic rings. The normalized spacial score (nSPS) is 21.5. The van der Waals surface area contributed by atoms with Crippen LogP contribution < -0.4 is 14.8 Å². The lowest BCUT2D eigenvalue weighted by Crippen LogP contribution is -2.36. The third kappa shape index (κ3) is 2.82. The number of ether oxygens (including phenoxy) is 2. The lowest BCUT2D eigenvalue weighted by molar-refractivity contribution is 0.0946. The Morgan fingerprint density at radius 1 is 1.27 bits per heavy atom. The maximum Gasteiger partial charge on any atom is 0.271 e. The molecular weight excluding hydrogens is 332 g/mol. The summed E-state index contributed by atoms with van der Waals surface area (Å²) in [7, 11) is 0. The first-order valence-corrected chi connectivity index (χ1v) is 9.18. The number of hydrogen-bond donors (Lipinski definition) is 1. The molecule has 1 saturated carbocycles. The molecule has 1 atom stereocenters.